The molecule has 0 aromatic heterocycles. The Morgan fingerprint density at radius 3 is 2.39 bits per heavy atom. The predicted molar refractivity (Wildman–Crippen MR) is 123 cm³/mol. The van der Waals surface area contributed by atoms with Crippen molar-refractivity contribution in [3.05, 3.63) is 48.5 Å². The van der Waals surface area contributed by atoms with E-state index in [-0.39, 0.29) is 24.5 Å². The average Bonchev–Trinajstić information content (AvgIpc) is 3.26. The summed E-state index contributed by atoms with van der Waals surface area (Å²) in [5.74, 6) is 0.871. The highest BCUT2D eigenvalue weighted by Gasteiger charge is 2.16. The van der Waals surface area contributed by atoms with Crippen LogP contribution in [0.3, 0.4) is 0 Å². The lowest BCUT2D eigenvalue weighted by molar-refractivity contribution is -0.117. The number of hydrogen-bond acceptors (Lipinski definition) is 5. The molecule has 1 unspecified atom stereocenters. The first-order chi connectivity index (χ1) is 15.0. The Bertz CT molecular complexity index is 861. The van der Waals surface area contributed by atoms with E-state index >= 15 is 0 Å². The third-order valence-electron chi connectivity index (χ3n) is 4.79. The van der Waals surface area contributed by atoms with E-state index in [1.807, 2.05) is 38.1 Å². The maximum Gasteiger partial charge on any atom is 0.243 e. The normalized spacial score (nSPS) is 15.5. The second kappa shape index (κ2) is 11.4. The van der Waals surface area contributed by atoms with Crippen molar-refractivity contribution in [1.29, 1.82) is 0 Å². The molecule has 1 aliphatic heterocycles. The fourth-order valence-electron chi connectivity index (χ4n) is 3.27. The fraction of sp³-hybridized carbons (Fsp3) is 0.417. The standard InChI is InChI=1S/C24H31N3O4/c1-17(2)13-23(28)26-18-8-10-19(11-9-18)27-24(29)15-25-20-5-3-6-21(14-20)31-16-22-7-4-12-30-22/h3,5-6,8-11,14,17,22,25H,4,7,12-13,15-16H2,1-2H3,(H,26,28)(H,27,29). The summed E-state index contributed by atoms with van der Waals surface area (Å²) in [7, 11) is 0. The summed E-state index contributed by atoms with van der Waals surface area (Å²) >= 11 is 0. The van der Waals surface area contributed by atoms with Crippen LogP contribution >= 0.6 is 0 Å². The van der Waals surface area contributed by atoms with Gasteiger partial charge in [0, 0.05) is 36.2 Å². The lowest BCUT2D eigenvalue weighted by Crippen LogP contribution is -2.21. The summed E-state index contributed by atoms with van der Waals surface area (Å²) in [6.45, 7) is 5.47. The second-order valence-electron chi connectivity index (χ2n) is 8.10. The van der Waals surface area contributed by atoms with Crippen molar-refractivity contribution in [3.8, 4) is 5.75 Å². The van der Waals surface area contributed by atoms with Gasteiger partial charge in [-0.05, 0) is 55.2 Å². The summed E-state index contributed by atoms with van der Waals surface area (Å²) in [6.07, 6.45) is 2.76. The van der Waals surface area contributed by atoms with Crippen molar-refractivity contribution in [1.82, 2.24) is 0 Å². The molecule has 3 N–H and O–H groups in total. The summed E-state index contributed by atoms with van der Waals surface area (Å²) in [6, 6.07) is 14.6. The summed E-state index contributed by atoms with van der Waals surface area (Å²) in [5.41, 5.74) is 2.19. The van der Waals surface area contributed by atoms with Crippen LogP contribution in [0.4, 0.5) is 17.1 Å². The van der Waals surface area contributed by atoms with Crippen LogP contribution in [0, 0.1) is 5.92 Å². The van der Waals surface area contributed by atoms with E-state index in [4.69, 9.17) is 9.47 Å². The van der Waals surface area contributed by atoms with Crippen molar-refractivity contribution < 1.29 is 19.1 Å². The van der Waals surface area contributed by atoms with Crippen molar-refractivity contribution in [3.63, 3.8) is 0 Å². The first-order valence-corrected chi connectivity index (χ1v) is 10.8. The van der Waals surface area contributed by atoms with Gasteiger partial charge in [-0.2, -0.15) is 0 Å². The highest BCUT2D eigenvalue weighted by molar-refractivity contribution is 5.94. The monoisotopic (exact) mass is 425 g/mol. The Morgan fingerprint density at radius 2 is 1.74 bits per heavy atom. The Labute approximate surface area is 183 Å². The smallest absolute Gasteiger partial charge is 0.243 e. The highest BCUT2D eigenvalue weighted by atomic mass is 16.5. The van der Waals surface area contributed by atoms with Gasteiger partial charge in [0.25, 0.3) is 0 Å². The quantitative estimate of drug-likeness (QED) is 0.529. The molecule has 1 heterocycles. The van der Waals surface area contributed by atoms with Gasteiger partial charge in [0.1, 0.15) is 12.4 Å². The van der Waals surface area contributed by atoms with Crippen LogP contribution in [0.15, 0.2) is 48.5 Å². The zero-order chi connectivity index (χ0) is 22.1. The topological polar surface area (TPSA) is 88.7 Å². The van der Waals surface area contributed by atoms with E-state index < -0.39 is 0 Å². The SMILES string of the molecule is CC(C)CC(=O)Nc1ccc(NC(=O)CNc2cccc(OCC3CCCO3)c2)cc1. The largest absolute Gasteiger partial charge is 0.491 e. The van der Waals surface area contributed by atoms with Gasteiger partial charge < -0.3 is 25.4 Å². The molecule has 7 nitrogen and oxygen atoms in total. The Kier molecular flexibility index (Phi) is 8.29. The van der Waals surface area contributed by atoms with E-state index in [0.29, 0.717) is 30.3 Å². The number of benzene rings is 2. The number of hydrogen-bond donors (Lipinski definition) is 3. The number of nitrogens with one attached hydrogen (secondary N) is 3. The molecule has 3 rings (SSSR count). The van der Waals surface area contributed by atoms with Gasteiger partial charge in [0.05, 0.1) is 12.6 Å². The van der Waals surface area contributed by atoms with Crippen LogP contribution in [0.25, 0.3) is 0 Å². The molecule has 0 radical (unpaired) electrons. The molecule has 0 aliphatic carbocycles. The number of carbonyl (C=O) groups is 2. The van der Waals surface area contributed by atoms with Crippen molar-refractivity contribution >= 4 is 28.9 Å². The Balaban J connectivity index is 1.42. The van der Waals surface area contributed by atoms with Crippen LogP contribution in [-0.4, -0.2) is 37.7 Å². The third-order valence-corrected chi connectivity index (χ3v) is 4.79. The van der Waals surface area contributed by atoms with Crippen LogP contribution in [-0.2, 0) is 14.3 Å². The maximum absolute atomic E-state index is 12.3. The van der Waals surface area contributed by atoms with Crippen molar-refractivity contribution in [2.75, 3.05) is 35.7 Å². The van der Waals surface area contributed by atoms with Gasteiger partial charge in [-0.1, -0.05) is 19.9 Å². The predicted octanol–water partition coefficient (Wildman–Crippen LogP) is 4.28. The molecule has 7 heteroatoms. The van der Waals surface area contributed by atoms with Crippen LogP contribution in [0.2, 0.25) is 0 Å². The van der Waals surface area contributed by atoms with Crippen LogP contribution < -0.4 is 20.7 Å². The molecule has 0 bridgehead atoms. The van der Waals surface area contributed by atoms with E-state index in [2.05, 4.69) is 16.0 Å². The zero-order valence-electron chi connectivity index (χ0n) is 18.1. The molecule has 2 aromatic rings. The summed E-state index contributed by atoms with van der Waals surface area (Å²) in [5, 5.41) is 8.80. The molecule has 2 aromatic carbocycles. The van der Waals surface area contributed by atoms with Gasteiger partial charge in [-0.25, -0.2) is 0 Å². The van der Waals surface area contributed by atoms with Gasteiger partial charge in [-0.15, -0.1) is 0 Å². The minimum absolute atomic E-state index is 0.0158. The second-order valence-corrected chi connectivity index (χ2v) is 8.10. The van der Waals surface area contributed by atoms with Crippen LogP contribution in [0.1, 0.15) is 33.1 Å². The molecule has 166 valence electrons. The molecule has 31 heavy (non-hydrogen) atoms. The molecule has 0 spiro atoms. The molecular formula is C24H31N3O4. The highest BCUT2D eigenvalue weighted by Crippen LogP contribution is 2.20. The van der Waals surface area contributed by atoms with Crippen molar-refractivity contribution in [2.24, 2.45) is 5.92 Å². The molecular weight excluding hydrogens is 394 g/mol. The Hall–Kier alpha value is -3.06. The third kappa shape index (κ3) is 7.94. The van der Waals surface area contributed by atoms with Gasteiger partial charge in [-0.3, -0.25) is 9.59 Å². The minimum Gasteiger partial charge on any atom is -0.491 e. The average molecular weight is 426 g/mol. The zero-order valence-corrected chi connectivity index (χ0v) is 18.1. The number of carbonyl (C=O) groups excluding carboxylic acids is 2. The molecule has 2 amide bonds. The number of anilines is 3. The first-order valence-electron chi connectivity index (χ1n) is 10.8. The van der Waals surface area contributed by atoms with E-state index in [9.17, 15) is 9.59 Å². The molecule has 0 saturated carbocycles. The summed E-state index contributed by atoms with van der Waals surface area (Å²) in [4.78, 5) is 24.1. The minimum atomic E-state index is -0.165. The van der Waals surface area contributed by atoms with Crippen LogP contribution in [0.5, 0.6) is 5.75 Å². The number of rotatable bonds is 10. The fourth-order valence-corrected chi connectivity index (χ4v) is 3.27. The molecule has 1 aliphatic rings. The first kappa shape index (κ1) is 22.6. The molecule has 1 saturated heterocycles. The van der Waals surface area contributed by atoms with E-state index in [0.717, 1.165) is 30.9 Å². The number of amides is 2. The molecule has 1 atom stereocenters. The van der Waals surface area contributed by atoms with Gasteiger partial charge in [0.2, 0.25) is 11.8 Å². The van der Waals surface area contributed by atoms with Crippen molar-refractivity contribution in [2.45, 2.75) is 39.2 Å². The van der Waals surface area contributed by atoms with Gasteiger partial charge in [0.15, 0.2) is 0 Å². The van der Waals surface area contributed by atoms with Gasteiger partial charge >= 0.3 is 0 Å². The lowest BCUT2D eigenvalue weighted by atomic mass is 10.1. The molecule has 1 fully saturated rings. The number of ether oxygens (including phenoxy) is 2. The lowest BCUT2D eigenvalue weighted by Gasteiger charge is -2.13. The van der Waals surface area contributed by atoms with E-state index in [1.165, 1.54) is 0 Å². The van der Waals surface area contributed by atoms with E-state index in [1.54, 1.807) is 24.3 Å². The maximum atomic E-state index is 12.3. The summed E-state index contributed by atoms with van der Waals surface area (Å²) < 4.78 is 11.4. The Morgan fingerprint density at radius 1 is 1.03 bits per heavy atom.